The molecule has 0 bridgehead atoms. The van der Waals surface area contributed by atoms with Gasteiger partial charge < -0.3 is 14.8 Å². The van der Waals surface area contributed by atoms with Gasteiger partial charge in [0.25, 0.3) is 0 Å². The van der Waals surface area contributed by atoms with Crippen molar-refractivity contribution >= 4 is 5.97 Å². The number of β-amino-alcohol motifs (C(OH)–C–C–N with tert-alkyl or cyclic N) is 1. The molecule has 5 heteroatoms. The van der Waals surface area contributed by atoms with Crippen molar-refractivity contribution in [1.29, 1.82) is 0 Å². The zero-order valence-corrected chi connectivity index (χ0v) is 12.9. The predicted molar refractivity (Wildman–Crippen MR) is 83.3 cm³/mol. The summed E-state index contributed by atoms with van der Waals surface area (Å²) in [6.07, 6.45) is 3.75. The number of aliphatic hydroxyl groups is 1. The van der Waals surface area contributed by atoms with Gasteiger partial charge in [0.15, 0.2) is 0 Å². The minimum atomic E-state index is -0.639. The molecule has 2 saturated heterocycles. The zero-order valence-electron chi connectivity index (χ0n) is 12.9. The van der Waals surface area contributed by atoms with Gasteiger partial charge in [-0.25, -0.2) is 4.79 Å². The fourth-order valence-electron chi connectivity index (χ4n) is 3.25. The van der Waals surface area contributed by atoms with Crippen LogP contribution in [0.5, 0.6) is 0 Å². The summed E-state index contributed by atoms with van der Waals surface area (Å²) < 4.78 is 0. The third-order valence-corrected chi connectivity index (χ3v) is 4.59. The first-order valence-electron chi connectivity index (χ1n) is 8.12. The maximum absolute atomic E-state index is 12.0. The molecule has 0 saturated carbocycles. The smallest absolute Gasteiger partial charge is 0.357 e. The summed E-state index contributed by atoms with van der Waals surface area (Å²) in [5.41, 5.74) is -0.0830. The van der Waals surface area contributed by atoms with Crippen LogP contribution in [-0.2, 0) is 4.84 Å². The second-order valence-corrected chi connectivity index (χ2v) is 6.38. The molecule has 0 aromatic heterocycles. The van der Waals surface area contributed by atoms with Crippen LogP contribution in [0.2, 0.25) is 0 Å². The molecule has 2 aliphatic heterocycles. The largest absolute Gasteiger partial charge is 0.388 e. The summed E-state index contributed by atoms with van der Waals surface area (Å²) >= 11 is 0. The highest BCUT2D eigenvalue weighted by Crippen LogP contribution is 2.25. The number of carbonyl (C=O) groups is 1. The molecule has 0 aliphatic carbocycles. The number of hydrogen-bond donors (Lipinski definition) is 1. The van der Waals surface area contributed by atoms with Crippen LogP contribution in [0, 0.1) is 0 Å². The Morgan fingerprint density at radius 2 is 1.73 bits per heavy atom. The van der Waals surface area contributed by atoms with E-state index in [9.17, 15) is 9.90 Å². The molecule has 1 aromatic carbocycles. The highest BCUT2D eigenvalue weighted by atomic mass is 16.7. The van der Waals surface area contributed by atoms with Crippen molar-refractivity contribution < 1.29 is 14.7 Å². The summed E-state index contributed by atoms with van der Waals surface area (Å²) in [7, 11) is 0. The lowest BCUT2D eigenvalue weighted by molar-refractivity contribution is -0.157. The Balaban J connectivity index is 1.48. The summed E-state index contributed by atoms with van der Waals surface area (Å²) in [6.45, 7) is 4.10. The number of piperidine rings is 1. The van der Waals surface area contributed by atoms with Gasteiger partial charge in [0.2, 0.25) is 0 Å². The van der Waals surface area contributed by atoms with E-state index in [1.54, 1.807) is 17.2 Å². The Kier molecular flexibility index (Phi) is 4.76. The number of benzene rings is 1. The number of hydroxylamine groups is 2. The van der Waals surface area contributed by atoms with Gasteiger partial charge in [-0.05, 0) is 50.9 Å². The Bertz CT molecular complexity index is 492. The third kappa shape index (κ3) is 3.85. The van der Waals surface area contributed by atoms with Crippen molar-refractivity contribution in [3.05, 3.63) is 35.9 Å². The molecule has 2 aliphatic rings. The van der Waals surface area contributed by atoms with Crippen molar-refractivity contribution in [2.24, 2.45) is 0 Å². The van der Waals surface area contributed by atoms with E-state index in [4.69, 9.17) is 4.84 Å². The van der Waals surface area contributed by atoms with E-state index in [1.807, 2.05) is 18.2 Å². The minimum absolute atomic E-state index is 0.328. The molecule has 22 heavy (non-hydrogen) atoms. The standard InChI is InChI=1S/C17H24N2O3/c20-16(15-6-2-1-3-7-15)22-19-12-8-17(21,9-13-19)14-18-10-4-5-11-18/h1-3,6-7,21H,4-5,8-14H2. The molecule has 1 N–H and O–H groups in total. The van der Waals surface area contributed by atoms with Crippen LogP contribution < -0.4 is 0 Å². The number of carbonyl (C=O) groups excluding carboxylic acids is 1. The van der Waals surface area contributed by atoms with Gasteiger partial charge in [-0.1, -0.05) is 18.2 Å². The molecule has 120 valence electrons. The summed E-state index contributed by atoms with van der Waals surface area (Å²) in [5.74, 6) is -0.328. The van der Waals surface area contributed by atoms with Crippen LogP contribution in [0.1, 0.15) is 36.0 Å². The van der Waals surface area contributed by atoms with E-state index < -0.39 is 5.60 Å². The van der Waals surface area contributed by atoms with Crippen molar-refractivity contribution in [2.75, 3.05) is 32.7 Å². The van der Waals surface area contributed by atoms with Crippen LogP contribution in [0.4, 0.5) is 0 Å². The zero-order chi connectivity index (χ0) is 15.4. The van der Waals surface area contributed by atoms with Crippen LogP contribution in [-0.4, -0.2) is 59.4 Å². The van der Waals surface area contributed by atoms with E-state index in [-0.39, 0.29) is 5.97 Å². The summed E-state index contributed by atoms with van der Waals surface area (Å²) in [4.78, 5) is 19.8. The summed E-state index contributed by atoms with van der Waals surface area (Å²) in [5, 5.41) is 12.4. The molecular weight excluding hydrogens is 280 g/mol. The van der Waals surface area contributed by atoms with Gasteiger partial charge in [0, 0.05) is 19.6 Å². The minimum Gasteiger partial charge on any atom is -0.388 e. The average molecular weight is 304 g/mol. The molecule has 5 nitrogen and oxygen atoms in total. The molecular formula is C17H24N2O3. The van der Waals surface area contributed by atoms with Crippen molar-refractivity contribution in [3.63, 3.8) is 0 Å². The van der Waals surface area contributed by atoms with Gasteiger partial charge >= 0.3 is 5.97 Å². The molecule has 0 radical (unpaired) electrons. The highest BCUT2D eigenvalue weighted by molar-refractivity contribution is 5.89. The lowest BCUT2D eigenvalue weighted by Gasteiger charge is -2.39. The normalized spacial score (nSPS) is 22.6. The molecule has 0 spiro atoms. The Morgan fingerprint density at radius 1 is 1.09 bits per heavy atom. The first-order valence-corrected chi connectivity index (χ1v) is 8.12. The van der Waals surface area contributed by atoms with E-state index >= 15 is 0 Å². The fraction of sp³-hybridized carbons (Fsp3) is 0.588. The van der Waals surface area contributed by atoms with Gasteiger partial charge in [-0.2, -0.15) is 0 Å². The van der Waals surface area contributed by atoms with E-state index in [0.717, 1.165) is 19.6 Å². The Morgan fingerprint density at radius 3 is 2.36 bits per heavy atom. The monoisotopic (exact) mass is 304 g/mol. The van der Waals surface area contributed by atoms with E-state index in [2.05, 4.69) is 4.90 Å². The van der Waals surface area contributed by atoms with Gasteiger partial charge in [-0.15, -0.1) is 5.06 Å². The van der Waals surface area contributed by atoms with Crippen LogP contribution in [0.3, 0.4) is 0 Å². The molecule has 3 rings (SSSR count). The molecule has 0 amide bonds. The van der Waals surface area contributed by atoms with Crippen molar-refractivity contribution in [1.82, 2.24) is 9.96 Å². The average Bonchev–Trinajstić information content (AvgIpc) is 3.03. The van der Waals surface area contributed by atoms with E-state index in [0.29, 0.717) is 31.5 Å². The Hall–Kier alpha value is -1.43. The first-order chi connectivity index (χ1) is 10.6. The van der Waals surface area contributed by atoms with Gasteiger partial charge in [0.05, 0.1) is 11.2 Å². The first kappa shape index (κ1) is 15.5. The lowest BCUT2D eigenvalue weighted by Crippen LogP contribution is -2.50. The highest BCUT2D eigenvalue weighted by Gasteiger charge is 2.35. The number of nitrogens with zero attached hydrogens (tertiary/aromatic N) is 2. The molecule has 0 unspecified atom stereocenters. The number of hydrogen-bond acceptors (Lipinski definition) is 5. The topological polar surface area (TPSA) is 53.0 Å². The molecule has 1 aromatic rings. The molecule has 2 heterocycles. The second-order valence-electron chi connectivity index (χ2n) is 6.38. The number of likely N-dealkylation sites (tertiary alicyclic amines) is 1. The molecule has 2 fully saturated rings. The third-order valence-electron chi connectivity index (χ3n) is 4.59. The SMILES string of the molecule is O=C(ON1CCC(O)(CN2CCCC2)CC1)c1ccccc1. The van der Waals surface area contributed by atoms with E-state index in [1.165, 1.54) is 12.8 Å². The summed E-state index contributed by atoms with van der Waals surface area (Å²) in [6, 6.07) is 9.01. The molecule has 0 atom stereocenters. The van der Waals surface area contributed by atoms with Gasteiger partial charge in [0.1, 0.15) is 0 Å². The van der Waals surface area contributed by atoms with Crippen molar-refractivity contribution in [3.8, 4) is 0 Å². The number of rotatable bonds is 4. The fourth-order valence-corrected chi connectivity index (χ4v) is 3.25. The van der Waals surface area contributed by atoms with Gasteiger partial charge in [-0.3, -0.25) is 0 Å². The second kappa shape index (κ2) is 6.77. The Labute approximate surface area is 131 Å². The lowest BCUT2D eigenvalue weighted by atomic mass is 9.92. The van der Waals surface area contributed by atoms with Crippen LogP contribution in [0.15, 0.2) is 30.3 Å². The van der Waals surface area contributed by atoms with Crippen molar-refractivity contribution in [2.45, 2.75) is 31.3 Å². The van der Waals surface area contributed by atoms with Crippen LogP contribution >= 0.6 is 0 Å². The van der Waals surface area contributed by atoms with Crippen LogP contribution in [0.25, 0.3) is 0 Å². The maximum Gasteiger partial charge on any atom is 0.357 e. The quantitative estimate of drug-likeness (QED) is 0.917. The predicted octanol–water partition coefficient (Wildman–Crippen LogP) is 1.68. The maximum atomic E-state index is 12.0.